The summed E-state index contributed by atoms with van der Waals surface area (Å²) < 4.78 is 5.29. The molecule has 0 aliphatic rings. The van der Waals surface area contributed by atoms with Gasteiger partial charge in [0.1, 0.15) is 5.60 Å². The van der Waals surface area contributed by atoms with Gasteiger partial charge in [0.2, 0.25) is 0 Å². The zero-order valence-electron chi connectivity index (χ0n) is 12.5. The van der Waals surface area contributed by atoms with E-state index in [-0.39, 0.29) is 0 Å². The minimum atomic E-state index is -0.522. The monoisotopic (exact) mass is 323 g/mol. The zero-order chi connectivity index (χ0) is 15.6. The number of carbonyl (C=O) groups excluding carboxylic acids is 1. The van der Waals surface area contributed by atoms with E-state index in [1.807, 2.05) is 57.3 Å². The van der Waals surface area contributed by atoms with Crippen molar-refractivity contribution in [2.24, 2.45) is 0 Å². The number of nitrogens with one attached hydrogen (secondary N) is 1. The Morgan fingerprint density at radius 1 is 1.33 bits per heavy atom. The van der Waals surface area contributed by atoms with Crippen LogP contribution < -0.4 is 5.32 Å². The molecule has 0 radical (unpaired) electrons. The normalized spacial score (nSPS) is 11.3. The van der Waals surface area contributed by atoms with Crippen molar-refractivity contribution in [3.8, 4) is 11.1 Å². The van der Waals surface area contributed by atoms with E-state index in [0.717, 1.165) is 21.7 Å². The van der Waals surface area contributed by atoms with Crippen LogP contribution in [0.2, 0.25) is 5.02 Å². The second-order valence-corrected chi connectivity index (χ2v) is 7.24. The van der Waals surface area contributed by atoms with Crippen LogP contribution in [-0.2, 0) is 4.74 Å². The van der Waals surface area contributed by atoms with Crippen LogP contribution in [0.1, 0.15) is 25.6 Å². The van der Waals surface area contributed by atoms with Crippen molar-refractivity contribution in [2.45, 2.75) is 33.3 Å². The van der Waals surface area contributed by atoms with Crippen LogP contribution >= 0.6 is 22.9 Å². The molecule has 0 aliphatic heterocycles. The maximum Gasteiger partial charge on any atom is 0.412 e. The molecule has 0 spiro atoms. The molecular formula is C16H18ClNO2S. The lowest BCUT2D eigenvalue weighted by molar-refractivity contribution is 0.0636. The molecule has 5 heteroatoms. The van der Waals surface area contributed by atoms with Gasteiger partial charge in [-0.25, -0.2) is 4.79 Å². The lowest BCUT2D eigenvalue weighted by atomic mass is 10.1. The molecule has 0 saturated carbocycles. The van der Waals surface area contributed by atoms with Crippen molar-refractivity contribution < 1.29 is 9.53 Å². The average molecular weight is 324 g/mol. The van der Waals surface area contributed by atoms with E-state index >= 15 is 0 Å². The summed E-state index contributed by atoms with van der Waals surface area (Å²) in [6.07, 6.45) is -0.455. The summed E-state index contributed by atoms with van der Waals surface area (Å²) in [6, 6.07) is 7.58. The number of anilines is 1. The van der Waals surface area contributed by atoms with Gasteiger partial charge in [-0.3, -0.25) is 5.32 Å². The molecule has 0 aliphatic carbocycles. The van der Waals surface area contributed by atoms with Gasteiger partial charge in [0.25, 0.3) is 0 Å². The number of carbonyl (C=O) groups is 1. The van der Waals surface area contributed by atoms with Crippen molar-refractivity contribution >= 4 is 34.7 Å². The van der Waals surface area contributed by atoms with Gasteiger partial charge in [-0.05, 0) is 45.4 Å². The first-order chi connectivity index (χ1) is 9.76. The molecule has 0 bridgehead atoms. The molecule has 1 aromatic carbocycles. The van der Waals surface area contributed by atoms with Gasteiger partial charge >= 0.3 is 6.09 Å². The summed E-state index contributed by atoms with van der Waals surface area (Å²) in [7, 11) is 0. The van der Waals surface area contributed by atoms with Gasteiger partial charge in [-0.15, -0.1) is 11.3 Å². The Hall–Kier alpha value is -1.52. The molecule has 112 valence electrons. The standard InChI is InChI=1S/C16H18ClNO2S/c1-10-14(11-6-5-7-12(17)8-11)13(9-21-10)18-15(19)20-16(2,3)4/h5-9H,1-4H3,(H,18,19). The Morgan fingerprint density at radius 3 is 2.67 bits per heavy atom. The van der Waals surface area contributed by atoms with Crippen LogP contribution in [-0.4, -0.2) is 11.7 Å². The third kappa shape index (κ3) is 4.22. The van der Waals surface area contributed by atoms with Crippen molar-refractivity contribution in [2.75, 3.05) is 5.32 Å². The quantitative estimate of drug-likeness (QED) is 0.767. The highest BCUT2D eigenvalue weighted by Crippen LogP contribution is 2.37. The fourth-order valence-electron chi connectivity index (χ4n) is 1.96. The molecule has 1 N–H and O–H groups in total. The Kier molecular flexibility index (Phi) is 4.59. The number of ether oxygens (including phenoxy) is 1. The summed E-state index contributed by atoms with van der Waals surface area (Å²) in [4.78, 5) is 13.0. The SMILES string of the molecule is Cc1scc(NC(=O)OC(C)(C)C)c1-c1cccc(Cl)c1. The van der Waals surface area contributed by atoms with Crippen LogP contribution in [0.4, 0.5) is 10.5 Å². The fraction of sp³-hybridized carbons (Fsp3) is 0.312. The van der Waals surface area contributed by atoms with E-state index in [9.17, 15) is 4.79 Å². The molecular weight excluding hydrogens is 306 g/mol. The molecule has 1 aromatic heterocycles. The molecule has 0 unspecified atom stereocenters. The lowest BCUT2D eigenvalue weighted by Gasteiger charge is -2.19. The van der Waals surface area contributed by atoms with Gasteiger partial charge in [-0.1, -0.05) is 23.7 Å². The van der Waals surface area contributed by atoms with Crippen molar-refractivity contribution in [1.29, 1.82) is 0 Å². The molecule has 21 heavy (non-hydrogen) atoms. The Morgan fingerprint density at radius 2 is 2.05 bits per heavy atom. The highest BCUT2D eigenvalue weighted by Gasteiger charge is 2.19. The van der Waals surface area contributed by atoms with Crippen LogP contribution in [0.15, 0.2) is 29.6 Å². The first-order valence-corrected chi connectivity index (χ1v) is 7.86. The number of benzene rings is 1. The second kappa shape index (κ2) is 6.08. The number of hydrogen-bond acceptors (Lipinski definition) is 3. The molecule has 2 rings (SSSR count). The number of aryl methyl sites for hydroxylation is 1. The van der Waals surface area contributed by atoms with Crippen LogP contribution in [0, 0.1) is 6.92 Å². The Labute approximate surface area is 133 Å². The van der Waals surface area contributed by atoms with E-state index in [1.165, 1.54) is 0 Å². The average Bonchev–Trinajstić information content (AvgIpc) is 2.67. The van der Waals surface area contributed by atoms with Gasteiger partial charge < -0.3 is 4.74 Å². The van der Waals surface area contributed by atoms with Crippen LogP contribution in [0.5, 0.6) is 0 Å². The molecule has 2 aromatic rings. The number of rotatable bonds is 2. The number of amides is 1. The Balaban J connectivity index is 2.29. The van der Waals surface area contributed by atoms with E-state index in [1.54, 1.807) is 11.3 Å². The molecule has 0 saturated heterocycles. The largest absolute Gasteiger partial charge is 0.444 e. The van der Waals surface area contributed by atoms with Crippen molar-refractivity contribution in [1.82, 2.24) is 0 Å². The highest BCUT2D eigenvalue weighted by molar-refractivity contribution is 7.11. The van der Waals surface area contributed by atoms with E-state index in [2.05, 4.69) is 5.32 Å². The summed E-state index contributed by atoms with van der Waals surface area (Å²) >= 11 is 7.63. The molecule has 0 atom stereocenters. The van der Waals surface area contributed by atoms with Crippen LogP contribution in [0.3, 0.4) is 0 Å². The molecule has 1 heterocycles. The zero-order valence-corrected chi connectivity index (χ0v) is 14.1. The third-order valence-electron chi connectivity index (χ3n) is 2.72. The summed E-state index contributed by atoms with van der Waals surface area (Å²) in [5, 5.41) is 5.39. The smallest absolute Gasteiger partial charge is 0.412 e. The first kappa shape index (κ1) is 15.9. The van der Waals surface area contributed by atoms with Gasteiger partial charge in [0.05, 0.1) is 5.69 Å². The summed E-state index contributed by atoms with van der Waals surface area (Å²) in [5.74, 6) is 0. The van der Waals surface area contributed by atoms with E-state index < -0.39 is 11.7 Å². The van der Waals surface area contributed by atoms with Gasteiger partial charge in [0.15, 0.2) is 0 Å². The summed E-state index contributed by atoms with van der Waals surface area (Å²) in [6.45, 7) is 7.52. The summed E-state index contributed by atoms with van der Waals surface area (Å²) in [5.41, 5.74) is 2.18. The minimum absolute atomic E-state index is 0.455. The lowest BCUT2D eigenvalue weighted by Crippen LogP contribution is -2.27. The second-order valence-electron chi connectivity index (χ2n) is 5.72. The van der Waals surface area contributed by atoms with E-state index in [4.69, 9.17) is 16.3 Å². The number of thiophene rings is 1. The van der Waals surface area contributed by atoms with Crippen molar-refractivity contribution in [3.05, 3.63) is 39.5 Å². The van der Waals surface area contributed by atoms with Crippen LogP contribution in [0.25, 0.3) is 11.1 Å². The molecule has 3 nitrogen and oxygen atoms in total. The third-order valence-corrected chi connectivity index (χ3v) is 3.87. The van der Waals surface area contributed by atoms with Gasteiger partial charge in [0, 0.05) is 20.8 Å². The topological polar surface area (TPSA) is 38.3 Å². The minimum Gasteiger partial charge on any atom is -0.444 e. The Bertz CT molecular complexity index is 659. The predicted octanol–water partition coefficient (Wildman–Crippen LogP) is 5.72. The van der Waals surface area contributed by atoms with Gasteiger partial charge in [-0.2, -0.15) is 0 Å². The first-order valence-electron chi connectivity index (χ1n) is 6.60. The maximum atomic E-state index is 11.9. The van der Waals surface area contributed by atoms with Crippen molar-refractivity contribution in [3.63, 3.8) is 0 Å². The fourth-order valence-corrected chi connectivity index (χ4v) is 2.97. The number of halogens is 1. The highest BCUT2D eigenvalue weighted by atomic mass is 35.5. The molecule has 0 fully saturated rings. The van der Waals surface area contributed by atoms with E-state index in [0.29, 0.717) is 5.02 Å². The molecule has 1 amide bonds. The number of hydrogen-bond donors (Lipinski definition) is 1. The maximum absolute atomic E-state index is 11.9. The predicted molar refractivity (Wildman–Crippen MR) is 89.4 cm³/mol.